The number of hydrogen-bond donors (Lipinski definition) is 3. The Labute approximate surface area is 159 Å². The van der Waals surface area contributed by atoms with Gasteiger partial charge >= 0.3 is 0 Å². The van der Waals surface area contributed by atoms with Gasteiger partial charge in [0.2, 0.25) is 5.91 Å². The van der Waals surface area contributed by atoms with E-state index in [4.69, 9.17) is 5.11 Å². The van der Waals surface area contributed by atoms with Gasteiger partial charge in [-0.15, -0.1) is 0 Å². The largest absolute Gasteiger partial charge is 0.392 e. The highest BCUT2D eigenvalue weighted by atomic mass is 16.3. The fraction of sp³-hybridized carbons (Fsp3) is 0.737. The smallest absolute Gasteiger partial charge is 0.251 e. The Morgan fingerprint density at radius 2 is 1.93 bits per heavy atom. The minimum atomic E-state index is -0.441. The van der Waals surface area contributed by atoms with Crippen LogP contribution in [0.1, 0.15) is 43.1 Å². The number of aryl methyl sites for hydroxylation is 1. The van der Waals surface area contributed by atoms with Gasteiger partial charge < -0.3 is 25.0 Å². The Hall–Kier alpha value is -1.77. The summed E-state index contributed by atoms with van der Waals surface area (Å²) in [7, 11) is 0. The van der Waals surface area contributed by atoms with Crippen molar-refractivity contribution in [2.75, 3.05) is 39.3 Å². The molecular formula is C19H30N4O4. The van der Waals surface area contributed by atoms with Gasteiger partial charge in [0.25, 0.3) is 5.56 Å². The van der Waals surface area contributed by atoms with Crippen LogP contribution in [-0.2, 0) is 4.79 Å². The third-order valence-corrected chi connectivity index (χ3v) is 5.90. The van der Waals surface area contributed by atoms with Crippen molar-refractivity contribution in [1.29, 1.82) is 0 Å². The van der Waals surface area contributed by atoms with Gasteiger partial charge in [-0.05, 0) is 51.6 Å². The number of rotatable bonds is 5. The number of likely N-dealkylation sites (tertiary alicyclic amines) is 2. The van der Waals surface area contributed by atoms with E-state index < -0.39 is 12.7 Å². The van der Waals surface area contributed by atoms with Crippen molar-refractivity contribution in [2.45, 2.75) is 44.6 Å². The summed E-state index contributed by atoms with van der Waals surface area (Å²) in [6.07, 6.45) is 3.03. The van der Waals surface area contributed by atoms with E-state index in [1.807, 2.05) is 0 Å². The lowest BCUT2D eigenvalue weighted by Gasteiger charge is -2.37. The van der Waals surface area contributed by atoms with Crippen LogP contribution in [0.4, 0.5) is 0 Å². The van der Waals surface area contributed by atoms with Gasteiger partial charge in [0.15, 0.2) is 0 Å². The molecule has 1 aromatic heterocycles. The molecule has 0 spiro atoms. The number of aliphatic hydroxyl groups is 2. The molecule has 3 heterocycles. The lowest BCUT2D eigenvalue weighted by molar-refractivity contribution is -0.136. The molecule has 0 saturated carbocycles. The van der Waals surface area contributed by atoms with Crippen LogP contribution in [0.2, 0.25) is 0 Å². The molecule has 1 amide bonds. The van der Waals surface area contributed by atoms with Crippen molar-refractivity contribution < 1.29 is 15.0 Å². The molecule has 27 heavy (non-hydrogen) atoms. The molecule has 0 bridgehead atoms. The molecule has 1 aromatic rings. The summed E-state index contributed by atoms with van der Waals surface area (Å²) >= 11 is 0. The number of amides is 1. The second kappa shape index (κ2) is 8.95. The number of nitrogens with zero attached hydrogens (tertiary/aromatic N) is 3. The third kappa shape index (κ3) is 5.15. The molecule has 150 valence electrons. The number of piperidine rings is 2. The van der Waals surface area contributed by atoms with E-state index in [1.54, 1.807) is 17.9 Å². The maximum Gasteiger partial charge on any atom is 0.251 e. The summed E-state index contributed by atoms with van der Waals surface area (Å²) < 4.78 is 0. The number of aromatic amines is 1. The molecule has 2 fully saturated rings. The fourth-order valence-electron chi connectivity index (χ4n) is 4.27. The van der Waals surface area contributed by atoms with Crippen molar-refractivity contribution in [3.8, 4) is 0 Å². The van der Waals surface area contributed by atoms with Gasteiger partial charge in [-0.3, -0.25) is 9.59 Å². The van der Waals surface area contributed by atoms with Crippen LogP contribution in [0.3, 0.4) is 0 Å². The van der Waals surface area contributed by atoms with Crippen LogP contribution in [-0.4, -0.2) is 81.3 Å². The summed E-state index contributed by atoms with van der Waals surface area (Å²) in [6, 6.07) is 1.60. The van der Waals surface area contributed by atoms with Gasteiger partial charge in [0.05, 0.1) is 11.8 Å². The molecular weight excluding hydrogens is 348 g/mol. The molecule has 8 nitrogen and oxygen atoms in total. The number of aromatic nitrogens is 2. The monoisotopic (exact) mass is 378 g/mol. The molecule has 2 aliphatic rings. The van der Waals surface area contributed by atoms with Crippen molar-refractivity contribution in [2.24, 2.45) is 5.92 Å². The van der Waals surface area contributed by atoms with Crippen molar-refractivity contribution in [3.05, 3.63) is 27.9 Å². The number of hydrogen-bond acceptors (Lipinski definition) is 6. The van der Waals surface area contributed by atoms with E-state index in [-0.39, 0.29) is 17.4 Å². The normalized spacial score (nSPS) is 21.4. The lowest BCUT2D eigenvalue weighted by Crippen LogP contribution is -2.46. The second-order valence-electron chi connectivity index (χ2n) is 7.77. The summed E-state index contributed by atoms with van der Waals surface area (Å²) in [4.78, 5) is 34.3. The van der Waals surface area contributed by atoms with Gasteiger partial charge in [-0.25, -0.2) is 4.98 Å². The van der Waals surface area contributed by atoms with Gasteiger partial charge in [0.1, 0.15) is 12.4 Å². The summed E-state index contributed by atoms with van der Waals surface area (Å²) in [6.45, 7) is 4.99. The standard InChI is InChI=1S/C19H30N4O4/c1-13-20-16(10-18(26)21-13)14-2-6-22(7-3-14)11-17(25)15-4-8-23(9-5-15)19(27)12-24/h10,14-15,17,24-25H,2-9,11-12H2,1H3,(H,20,21,26). The van der Waals surface area contributed by atoms with Crippen LogP contribution in [0.25, 0.3) is 0 Å². The lowest BCUT2D eigenvalue weighted by atomic mass is 9.89. The fourth-order valence-corrected chi connectivity index (χ4v) is 4.27. The Bertz CT molecular complexity index is 691. The third-order valence-electron chi connectivity index (χ3n) is 5.90. The molecule has 3 N–H and O–H groups in total. The second-order valence-corrected chi connectivity index (χ2v) is 7.77. The topological polar surface area (TPSA) is 110 Å². The SMILES string of the molecule is Cc1nc(C2CCN(CC(O)C3CCN(C(=O)CO)CC3)CC2)cc(=O)[nH]1. The van der Waals surface area contributed by atoms with Crippen LogP contribution in [0.5, 0.6) is 0 Å². The first-order chi connectivity index (χ1) is 13.0. The zero-order valence-corrected chi connectivity index (χ0v) is 15.9. The number of β-amino-alcohol motifs (C(OH)–C–C–N with tert-alkyl or cyclic N) is 1. The molecule has 1 atom stereocenters. The van der Waals surface area contributed by atoms with E-state index in [1.165, 1.54) is 0 Å². The van der Waals surface area contributed by atoms with Gasteiger partial charge in [-0.1, -0.05) is 0 Å². The first-order valence-corrected chi connectivity index (χ1v) is 9.83. The number of H-pyrrole nitrogens is 1. The summed E-state index contributed by atoms with van der Waals surface area (Å²) in [5.41, 5.74) is 0.777. The Morgan fingerprint density at radius 3 is 2.52 bits per heavy atom. The molecule has 0 radical (unpaired) electrons. The van der Waals surface area contributed by atoms with E-state index >= 15 is 0 Å². The quantitative estimate of drug-likeness (QED) is 0.657. The van der Waals surface area contributed by atoms with Gasteiger partial charge in [0, 0.05) is 31.6 Å². The highest BCUT2D eigenvalue weighted by molar-refractivity contribution is 5.77. The number of carbonyl (C=O) groups excluding carboxylic acids is 1. The van der Waals surface area contributed by atoms with Crippen molar-refractivity contribution in [3.63, 3.8) is 0 Å². The predicted octanol–water partition coefficient (Wildman–Crippen LogP) is -0.150. The molecule has 0 aromatic carbocycles. The number of nitrogens with one attached hydrogen (secondary N) is 1. The van der Waals surface area contributed by atoms with E-state index in [2.05, 4.69) is 14.9 Å². The Kier molecular flexibility index (Phi) is 6.62. The van der Waals surface area contributed by atoms with Crippen LogP contribution in [0.15, 0.2) is 10.9 Å². The Morgan fingerprint density at radius 1 is 1.26 bits per heavy atom. The maximum atomic E-state index is 11.6. The van der Waals surface area contributed by atoms with Gasteiger partial charge in [-0.2, -0.15) is 0 Å². The Balaban J connectivity index is 1.45. The molecule has 3 rings (SSSR count). The first-order valence-electron chi connectivity index (χ1n) is 9.83. The maximum absolute atomic E-state index is 11.6. The van der Waals surface area contributed by atoms with E-state index in [0.717, 1.165) is 44.5 Å². The molecule has 8 heteroatoms. The summed E-state index contributed by atoms with van der Waals surface area (Å²) in [5, 5.41) is 19.6. The number of carbonyl (C=O) groups is 1. The minimum absolute atomic E-state index is 0.0960. The average Bonchev–Trinajstić information content (AvgIpc) is 2.67. The zero-order chi connectivity index (χ0) is 19.4. The van der Waals surface area contributed by atoms with Crippen molar-refractivity contribution in [1.82, 2.24) is 19.8 Å². The molecule has 0 aliphatic carbocycles. The predicted molar refractivity (Wildman–Crippen MR) is 100 cm³/mol. The molecule has 2 saturated heterocycles. The van der Waals surface area contributed by atoms with E-state index in [9.17, 15) is 14.7 Å². The highest BCUT2D eigenvalue weighted by Crippen LogP contribution is 2.27. The van der Waals surface area contributed by atoms with Crippen molar-refractivity contribution >= 4 is 5.91 Å². The zero-order valence-electron chi connectivity index (χ0n) is 15.9. The van der Waals surface area contributed by atoms with E-state index in [0.29, 0.717) is 31.4 Å². The van der Waals surface area contributed by atoms with Crippen LogP contribution < -0.4 is 5.56 Å². The molecule has 2 aliphatic heterocycles. The van der Waals surface area contributed by atoms with Crippen LogP contribution in [0, 0.1) is 12.8 Å². The first kappa shape index (κ1) is 20.0. The molecule has 1 unspecified atom stereocenters. The number of aliphatic hydroxyl groups excluding tert-OH is 2. The van der Waals surface area contributed by atoms with Crippen LogP contribution >= 0.6 is 0 Å². The summed E-state index contributed by atoms with van der Waals surface area (Å²) in [5.74, 6) is 0.921. The highest BCUT2D eigenvalue weighted by Gasteiger charge is 2.30. The minimum Gasteiger partial charge on any atom is -0.392 e. The average molecular weight is 378 g/mol.